The molecule has 1 aromatic heterocycles. The number of para-hydroxylation sites is 1. The van der Waals surface area contributed by atoms with E-state index in [0.717, 1.165) is 10.9 Å². The summed E-state index contributed by atoms with van der Waals surface area (Å²) in [5.74, 6) is -0.434. The molecule has 0 fully saturated rings. The maximum Gasteiger partial charge on any atom is 0.340 e. The van der Waals surface area contributed by atoms with Gasteiger partial charge in [0.05, 0.1) is 5.56 Å². The van der Waals surface area contributed by atoms with Gasteiger partial charge in [-0.1, -0.05) is 32.0 Å². The molecule has 0 bridgehead atoms. The number of rotatable bonds is 5. The van der Waals surface area contributed by atoms with Gasteiger partial charge in [-0.25, -0.2) is 4.79 Å². The summed E-state index contributed by atoms with van der Waals surface area (Å²) in [6.07, 6.45) is 1.72. The first-order valence-corrected chi connectivity index (χ1v) is 7.40. The van der Waals surface area contributed by atoms with Crippen LogP contribution in [-0.2, 0) is 16.6 Å². The van der Waals surface area contributed by atoms with Crippen LogP contribution in [0.4, 0.5) is 0 Å². The van der Waals surface area contributed by atoms with Crippen molar-refractivity contribution >= 4 is 22.8 Å². The Hall–Kier alpha value is -2.30. The highest BCUT2D eigenvalue weighted by Gasteiger charge is 2.17. The molecule has 0 aliphatic heterocycles. The quantitative estimate of drug-likeness (QED) is 0.863. The molecular formula is C17H22N2O3. The Kier molecular flexibility index (Phi) is 4.85. The summed E-state index contributed by atoms with van der Waals surface area (Å²) < 4.78 is 7.00. The van der Waals surface area contributed by atoms with E-state index in [9.17, 15) is 9.59 Å². The SMILES string of the molecule is CC(C)[C@H](C)NC(=O)COC(=O)c1cn(C)c2ccccc12. The molecule has 1 aromatic carbocycles. The Balaban J connectivity index is 2.02. The van der Waals surface area contributed by atoms with Gasteiger partial charge in [-0.2, -0.15) is 0 Å². The van der Waals surface area contributed by atoms with Crippen LogP contribution in [0.2, 0.25) is 0 Å². The predicted molar refractivity (Wildman–Crippen MR) is 85.6 cm³/mol. The van der Waals surface area contributed by atoms with Gasteiger partial charge in [-0.15, -0.1) is 0 Å². The number of fused-ring (bicyclic) bond motifs is 1. The van der Waals surface area contributed by atoms with Crippen LogP contribution in [0.3, 0.4) is 0 Å². The van der Waals surface area contributed by atoms with Crippen LogP contribution in [0.15, 0.2) is 30.5 Å². The van der Waals surface area contributed by atoms with Crippen molar-refractivity contribution in [2.24, 2.45) is 13.0 Å². The minimum absolute atomic E-state index is 0.0451. The van der Waals surface area contributed by atoms with Crippen molar-refractivity contribution in [3.8, 4) is 0 Å². The van der Waals surface area contributed by atoms with Gasteiger partial charge in [0.25, 0.3) is 5.91 Å². The molecule has 0 unspecified atom stereocenters. The van der Waals surface area contributed by atoms with Crippen LogP contribution in [0.1, 0.15) is 31.1 Å². The van der Waals surface area contributed by atoms with Crippen molar-refractivity contribution in [1.29, 1.82) is 0 Å². The monoisotopic (exact) mass is 302 g/mol. The number of carbonyl (C=O) groups excluding carboxylic acids is 2. The number of hydrogen-bond acceptors (Lipinski definition) is 3. The fourth-order valence-electron chi connectivity index (χ4n) is 2.18. The highest BCUT2D eigenvalue weighted by molar-refractivity contribution is 6.04. The fourth-order valence-corrected chi connectivity index (χ4v) is 2.18. The number of hydrogen-bond donors (Lipinski definition) is 1. The molecule has 1 heterocycles. The molecule has 0 aliphatic carbocycles. The number of esters is 1. The molecule has 22 heavy (non-hydrogen) atoms. The lowest BCUT2D eigenvalue weighted by atomic mass is 10.1. The molecule has 0 spiro atoms. The number of amides is 1. The first-order chi connectivity index (χ1) is 10.4. The Morgan fingerprint density at radius 1 is 1.23 bits per heavy atom. The second kappa shape index (κ2) is 6.64. The molecule has 1 atom stereocenters. The van der Waals surface area contributed by atoms with Gasteiger partial charge >= 0.3 is 5.97 Å². The predicted octanol–water partition coefficient (Wildman–Crippen LogP) is 2.50. The summed E-state index contributed by atoms with van der Waals surface area (Å²) in [6, 6.07) is 7.63. The number of benzene rings is 1. The smallest absolute Gasteiger partial charge is 0.340 e. The van der Waals surface area contributed by atoms with E-state index in [-0.39, 0.29) is 18.6 Å². The molecule has 5 heteroatoms. The molecule has 5 nitrogen and oxygen atoms in total. The number of ether oxygens (including phenoxy) is 1. The standard InChI is InChI=1S/C17H22N2O3/c1-11(2)12(3)18-16(20)10-22-17(21)14-9-19(4)15-8-6-5-7-13(14)15/h5-9,11-12H,10H2,1-4H3,(H,18,20)/t12-/m0/s1. The van der Waals surface area contributed by atoms with Crippen LogP contribution in [-0.4, -0.2) is 29.1 Å². The third-order valence-electron chi connectivity index (χ3n) is 3.84. The average molecular weight is 302 g/mol. The topological polar surface area (TPSA) is 60.3 Å². The van der Waals surface area contributed by atoms with Crippen molar-refractivity contribution in [1.82, 2.24) is 9.88 Å². The molecule has 0 saturated carbocycles. The molecule has 118 valence electrons. The minimum Gasteiger partial charge on any atom is -0.452 e. The molecule has 0 saturated heterocycles. The van der Waals surface area contributed by atoms with Gasteiger partial charge in [0.2, 0.25) is 0 Å². The second-order valence-electron chi connectivity index (χ2n) is 5.85. The van der Waals surface area contributed by atoms with E-state index < -0.39 is 5.97 Å². The van der Waals surface area contributed by atoms with E-state index >= 15 is 0 Å². The van der Waals surface area contributed by atoms with Crippen LogP contribution in [0, 0.1) is 5.92 Å². The van der Waals surface area contributed by atoms with Crippen molar-refractivity contribution in [3.05, 3.63) is 36.0 Å². The maximum absolute atomic E-state index is 12.2. The third-order valence-corrected chi connectivity index (χ3v) is 3.84. The minimum atomic E-state index is -0.482. The van der Waals surface area contributed by atoms with Crippen molar-refractivity contribution in [2.75, 3.05) is 6.61 Å². The van der Waals surface area contributed by atoms with Crippen LogP contribution in [0.5, 0.6) is 0 Å². The van der Waals surface area contributed by atoms with Crippen molar-refractivity contribution in [3.63, 3.8) is 0 Å². The highest BCUT2D eigenvalue weighted by atomic mass is 16.5. The number of nitrogens with zero attached hydrogens (tertiary/aromatic N) is 1. The van der Waals surface area contributed by atoms with Crippen molar-refractivity contribution in [2.45, 2.75) is 26.8 Å². The zero-order valence-electron chi connectivity index (χ0n) is 13.4. The van der Waals surface area contributed by atoms with Gasteiger partial charge < -0.3 is 14.6 Å². The molecular weight excluding hydrogens is 280 g/mol. The summed E-state index contributed by atoms with van der Waals surface area (Å²) >= 11 is 0. The van der Waals surface area contributed by atoms with Gasteiger partial charge in [-0.05, 0) is 18.9 Å². The number of aromatic nitrogens is 1. The molecule has 1 N–H and O–H groups in total. The van der Waals surface area contributed by atoms with E-state index in [4.69, 9.17) is 4.74 Å². The van der Waals surface area contributed by atoms with Gasteiger partial charge in [-0.3, -0.25) is 4.79 Å². The normalized spacial score (nSPS) is 12.4. The van der Waals surface area contributed by atoms with E-state index in [2.05, 4.69) is 5.32 Å². The van der Waals surface area contributed by atoms with Gasteiger partial charge in [0.1, 0.15) is 0 Å². The molecule has 0 radical (unpaired) electrons. The summed E-state index contributed by atoms with van der Waals surface area (Å²) in [5.41, 5.74) is 1.43. The van der Waals surface area contributed by atoms with E-state index in [1.165, 1.54) is 0 Å². The first-order valence-electron chi connectivity index (χ1n) is 7.40. The van der Waals surface area contributed by atoms with Crippen LogP contribution >= 0.6 is 0 Å². The second-order valence-corrected chi connectivity index (χ2v) is 5.85. The Labute approximate surface area is 130 Å². The number of aryl methyl sites for hydroxylation is 1. The number of carbonyl (C=O) groups is 2. The molecule has 1 amide bonds. The van der Waals surface area contributed by atoms with Crippen molar-refractivity contribution < 1.29 is 14.3 Å². The Bertz CT molecular complexity index is 688. The lowest BCUT2D eigenvalue weighted by Crippen LogP contribution is -2.38. The lowest BCUT2D eigenvalue weighted by molar-refractivity contribution is -0.125. The summed E-state index contributed by atoms with van der Waals surface area (Å²) in [4.78, 5) is 23.9. The highest BCUT2D eigenvalue weighted by Crippen LogP contribution is 2.20. The largest absolute Gasteiger partial charge is 0.452 e. The van der Waals surface area contributed by atoms with Crippen LogP contribution in [0.25, 0.3) is 10.9 Å². The third kappa shape index (κ3) is 3.47. The Morgan fingerprint density at radius 3 is 2.59 bits per heavy atom. The Morgan fingerprint density at radius 2 is 1.91 bits per heavy atom. The summed E-state index contributed by atoms with van der Waals surface area (Å²) in [5, 5.41) is 3.63. The fraction of sp³-hybridized carbons (Fsp3) is 0.412. The zero-order chi connectivity index (χ0) is 16.3. The van der Waals surface area contributed by atoms with Gasteiger partial charge in [0, 0.05) is 30.2 Å². The molecule has 2 aromatic rings. The maximum atomic E-state index is 12.2. The van der Waals surface area contributed by atoms with Gasteiger partial charge in [0.15, 0.2) is 6.61 Å². The lowest BCUT2D eigenvalue weighted by Gasteiger charge is -2.17. The average Bonchev–Trinajstić information content (AvgIpc) is 2.82. The van der Waals surface area contributed by atoms with E-state index in [1.54, 1.807) is 6.20 Å². The summed E-state index contributed by atoms with van der Waals surface area (Å²) in [7, 11) is 1.87. The van der Waals surface area contributed by atoms with Crippen LogP contribution < -0.4 is 5.32 Å². The van der Waals surface area contributed by atoms with E-state index in [1.807, 2.05) is 56.7 Å². The number of nitrogens with one attached hydrogen (secondary N) is 1. The zero-order valence-corrected chi connectivity index (χ0v) is 13.4. The summed E-state index contributed by atoms with van der Waals surface area (Å²) in [6.45, 7) is 5.70. The molecule has 0 aliphatic rings. The van der Waals surface area contributed by atoms with E-state index in [0.29, 0.717) is 11.5 Å². The first kappa shape index (κ1) is 16.1. The molecule has 2 rings (SSSR count).